The zero-order chi connectivity index (χ0) is 7.98. The lowest BCUT2D eigenvalue weighted by Gasteiger charge is -2.07. The lowest BCUT2D eigenvalue weighted by molar-refractivity contribution is -0.118. The molecule has 0 aliphatic heterocycles. The van der Waals surface area contributed by atoms with Gasteiger partial charge in [0, 0.05) is 20.6 Å². The molecular weight excluding hydrogens is 154 g/mol. The maximum Gasteiger partial charge on any atom is 0.216 e. The molecule has 0 aromatic heterocycles. The van der Waals surface area contributed by atoms with Crippen LogP contribution in [-0.4, -0.2) is 31.5 Å². The quantitative estimate of drug-likeness (QED) is 0.612. The zero-order valence-electron chi connectivity index (χ0n) is 6.19. The van der Waals surface area contributed by atoms with Gasteiger partial charge >= 0.3 is 0 Å². The van der Waals surface area contributed by atoms with Crippen molar-refractivity contribution in [3.05, 3.63) is 0 Å². The summed E-state index contributed by atoms with van der Waals surface area (Å²) in [5.41, 5.74) is 0. The number of ether oxygens (including phenoxy) is 1. The summed E-state index contributed by atoms with van der Waals surface area (Å²) in [6.07, 6.45) is 0. The lowest BCUT2D eigenvalue weighted by Crippen LogP contribution is -2.29. The summed E-state index contributed by atoms with van der Waals surface area (Å²) >= 11 is 5.69. The summed E-state index contributed by atoms with van der Waals surface area (Å²) in [4.78, 5) is 10.3. The number of amides is 1. The summed E-state index contributed by atoms with van der Waals surface area (Å²) in [6, 6.07) is 0. The average Bonchev–Trinajstić information content (AvgIpc) is 1.85. The Bertz CT molecular complexity index is 108. The number of methoxy groups -OCH3 is 1. The fourth-order valence-electron chi connectivity index (χ4n) is 0.494. The van der Waals surface area contributed by atoms with E-state index in [2.05, 4.69) is 5.32 Å². The minimum atomic E-state index is -0.131. The Balaban J connectivity index is 3.21. The highest BCUT2D eigenvalue weighted by atomic mass is 35.5. The van der Waals surface area contributed by atoms with Gasteiger partial charge in [0.15, 0.2) is 0 Å². The molecule has 0 saturated heterocycles. The molecular formula is C6H12ClNO2. The molecule has 0 aromatic carbocycles. The van der Waals surface area contributed by atoms with E-state index in [4.69, 9.17) is 16.3 Å². The third-order valence-corrected chi connectivity index (χ3v) is 1.20. The Labute approximate surface area is 65.7 Å². The van der Waals surface area contributed by atoms with Crippen molar-refractivity contribution in [2.75, 3.05) is 20.3 Å². The Morgan fingerprint density at radius 2 is 2.40 bits per heavy atom. The minimum absolute atomic E-state index is 0.0678. The van der Waals surface area contributed by atoms with Crippen LogP contribution in [0, 0.1) is 0 Å². The zero-order valence-corrected chi connectivity index (χ0v) is 6.94. The van der Waals surface area contributed by atoms with Gasteiger partial charge < -0.3 is 10.1 Å². The van der Waals surface area contributed by atoms with E-state index in [1.54, 1.807) is 7.11 Å². The summed E-state index contributed by atoms with van der Waals surface area (Å²) in [7, 11) is 1.57. The third-order valence-electron chi connectivity index (χ3n) is 0.920. The van der Waals surface area contributed by atoms with Crippen LogP contribution in [-0.2, 0) is 9.53 Å². The second-order valence-corrected chi connectivity index (χ2v) is 2.61. The first-order chi connectivity index (χ1) is 4.66. The molecule has 4 heteroatoms. The highest BCUT2D eigenvalue weighted by molar-refractivity contribution is 6.21. The van der Waals surface area contributed by atoms with Crippen LogP contribution in [0.5, 0.6) is 0 Å². The maximum atomic E-state index is 10.3. The molecule has 0 aliphatic rings. The third kappa shape index (κ3) is 5.85. The monoisotopic (exact) mass is 165 g/mol. The van der Waals surface area contributed by atoms with E-state index in [9.17, 15) is 4.79 Å². The summed E-state index contributed by atoms with van der Waals surface area (Å²) in [5.74, 6) is -0.0678. The largest absolute Gasteiger partial charge is 0.383 e. The van der Waals surface area contributed by atoms with Gasteiger partial charge in [0.05, 0.1) is 12.0 Å². The molecule has 60 valence electrons. The van der Waals surface area contributed by atoms with Gasteiger partial charge in [-0.2, -0.15) is 0 Å². The molecule has 1 N–H and O–H groups in total. The summed E-state index contributed by atoms with van der Waals surface area (Å²) in [6.45, 7) is 2.38. The molecule has 0 spiro atoms. The normalized spacial score (nSPS) is 12.7. The molecule has 1 amide bonds. The number of nitrogens with one attached hydrogen (secondary N) is 1. The predicted molar refractivity (Wildman–Crippen MR) is 40.2 cm³/mol. The molecule has 3 nitrogen and oxygen atoms in total. The molecule has 0 aliphatic carbocycles. The van der Waals surface area contributed by atoms with Crippen LogP contribution >= 0.6 is 11.6 Å². The first kappa shape index (κ1) is 9.72. The van der Waals surface area contributed by atoms with Gasteiger partial charge in [-0.25, -0.2) is 0 Å². The lowest BCUT2D eigenvalue weighted by atomic mass is 10.4. The van der Waals surface area contributed by atoms with Crippen LogP contribution < -0.4 is 5.32 Å². The van der Waals surface area contributed by atoms with Gasteiger partial charge in [-0.1, -0.05) is 0 Å². The number of carbonyl (C=O) groups excluding carboxylic acids is 1. The summed E-state index contributed by atoms with van der Waals surface area (Å²) < 4.78 is 4.75. The molecule has 0 rings (SSSR count). The van der Waals surface area contributed by atoms with Gasteiger partial charge in [-0.05, 0) is 0 Å². The van der Waals surface area contributed by atoms with Crippen molar-refractivity contribution in [1.29, 1.82) is 0 Å². The molecule has 1 atom stereocenters. The molecule has 0 fully saturated rings. The minimum Gasteiger partial charge on any atom is -0.383 e. The standard InChI is InChI=1S/C6H12ClNO2/c1-5(9)8-3-6(7)4-10-2/h6H,3-4H2,1-2H3,(H,8,9). The second kappa shape index (κ2) is 5.50. The van der Waals surface area contributed by atoms with Gasteiger partial charge in [0.1, 0.15) is 0 Å². The van der Waals surface area contributed by atoms with Crippen LogP contribution in [0.15, 0.2) is 0 Å². The van der Waals surface area contributed by atoms with Gasteiger partial charge in [0.25, 0.3) is 0 Å². The van der Waals surface area contributed by atoms with Crippen molar-refractivity contribution >= 4 is 17.5 Å². The first-order valence-corrected chi connectivity index (χ1v) is 3.48. The van der Waals surface area contributed by atoms with Crippen molar-refractivity contribution in [3.8, 4) is 0 Å². The first-order valence-electron chi connectivity index (χ1n) is 3.04. The van der Waals surface area contributed by atoms with E-state index < -0.39 is 0 Å². The summed E-state index contributed by atoms with van der Waals surface area (Å²) in [5, 5.41) is 2.45. The number of hydrogen-bond donors (Lipinski definition) is 1. The number of carbonyl (C=O) groups is 1. The predicted octanol–water partition coefficient (Wildman–Crippen LogP) is 0.376. The fraction of sp³-hybridized carbons (Fsp3) is 0.833. The molecule has 0 bridgehead atoms. The highest BCUT2D eigenvalue weighted by Crippen LogP contribution is 1.92. The van der Waals surface area contributed by atoms with Crippen molar-refractivity contribution in [3.63, 3.8) is 0 Å². The van der Waals surface area contributed by atoms with Crippen molar-refractivity contribution in [1.82, 2.24) is 5.32 Å². The molecule has 0 saturated carbocycles. The molecule has 0 aromatic rings. The Morgan fingerprint density at radius 3 is 2.80 bits per heavy atom. The number of hydrogen-bond acceptors (Lipinski definition) is 2. The number of rotatable bonds is 4. The molecule has 1 unspecified atom stereocenters. The average molecular weight is 166 g/mol. The van der Waals surface area contributed by atoms with Gasteiger partial charge in [0.2, 0.25) is 5.91 Å². The van der Waals surface area contributed by atoms with E-state index in [1.165, 1.54) is 6.92 Å². The van der Waals surface area contributed by atoms with E-state index in [0.717, 1.165) is 0 Å². The van der Waals surface area contributed by atoms with Gasteiger partial charge in [-0.15, -0.1) is 11.6 Å². The Morgan fingerprint density at radius 1 is 1.80 bits per heavy atom. The Hall–Kier alpha value is -0.280. The molecule has 0 radical (unpaired) electrons. The Kier molecular flexibility index (Phi) is 5.35. The number of alkyl halides is 1. The topological polar surface area (TPSA) is 38.3 Å². The maximum absolute atomic E-state index is 10.3. The fourth-order valence-corrected chi connectivity index (χ4v) is 0.697. The van der Waals surface area contributed by atoms with Gasteiger partial charge in [-0.3, -0.25) is 4.79 Å². The van der Waals surface area contributed by atoms with Crippen LogP contribution in [0.2, 0.25) is 0 Å². The van der Waals surface area contributed by atoms with E-state index in [0.29, 0.717) is 13.2 Å². The molecule has 10 heavy (non-hydrogen) atoms. The second-order valence-electron chi connectivity index (χ2n) is 1.99. The van der Waals surface area contributed by atoms with Crippen LogP contribution in [0.4, 0.5) is 0 Å². The SMILES string of the molecule is COCC(Cl)CNC(C)=O. The van der Waals surface area contributed by atoms with Crippen LogP contribution in [0.3, 0.4) is 0 Å². The van der Waals surface area contributed by atoms with E-state index >= 15 is 0 Å². The van der Waals surface area contributed by atoms with Crippen molar-refractivity contribution in [2.45, 2.75) is 12.3 Å². The number of halogens is 1. The van der Waals surface area contributed by atoms with Crippen molar-refractivity contribution in [2.24, 2.45) is 0 Å². The van der Waals surface area contributed by atoms with E-state index in [-0.39, 0.29) is 11.3 Å². The molecule has 0 heterocycles. The van der Waals surface area contributed by atoms with Crippen LogP contribution in [0.1, 0.15) is 6.92 Å². The van der Waals surface area contributed by atoms with E-state index in [1.807, 2.05) is 0 Å². The van der Waals surface area contributed by atoms with Crippen LogP contribution in [0.25, 0.3) is 0 Å². The van der Waals surface area contributed by atoms with Crippen molar-refractivity contribution < 1.29 is 9.53 Å². The highest BCUT2D eigenvalue weighted by Gasteiger charge is 2.02. The smallest absolute Gasteiger partial charge is 0.216 e.